The van der Waals surface area contributed by atoms with Gasteiger partial charge >= 0.3 is 0 Å². The molecule has 0 aliphatic carbocycles. The Morgan fingerprint density at radius 1 is 1.21 bits per heavy atom. The first-order valence-electron chi connectivity index (χ1n) is 7.54. The summed E-state index contributed by atoms with van der Waals surface area (Å²) in [4.78, 5) is 23.8. The van der Waals surface area contributed by atoms with E-state index in [1.165, 1.54) is 17.0 Å². The fourth-order valence-electron chi connectivity index (χ4n) is 2.12. The molecule has 0 aromatic heterocycles. The van der Waals surface area contributed by atoms with Gasteiger partial charge in [-0.15, -0.1) is 11.8 Å². The zero-order valence-corrected chi connectivity index (χ0v) is 14.1. The van der Waals surface area contributed by atoms with Crippen LogP contribution in [0, 0.1) is 10.1 Å². The van der Waals surface area contributed by atoms with Crippen LogP contribution in [0.3, 0.4) is 0 Å². The van der Waals surface area contributed by atoms with Crippen LogP contribution in [0.25, 0.3) is 0 Å². The minimum absolute atomic E-state index is 0.107. The molecule has 1 amide bonds. The fraction of sp³-hybridized carbons (Fsp3) is 0.235. The number of nitro benzene ring substituents is 1. The van der Waals surface area contributed by atoms with Crippen molar-refractivity contribution < 1.29 is 9.72 Å². The molecule has 0 spiro atoms. The van der Waals surface area contributed by atoms with E-state index in [1.54, 1.807) is 24.9 Å². The van der Waals surface area contributed by atoms with Crippen LogP contribution in [0.4, 0.5) is 11.4 Å². The molecule has 0 aliphatic heterocycles. The van der Waals surface area contributed by atoms with Crippen molar-refractivity contribution in [3.63, 3.8) is 0 Å². The monoisotopic (exact) mass is 345 g/mol. The molecule has 0 fully saturated rings. The summed E-state index contributed by atoms with van der Waals surface area (Å²) in [6.45, 7) is 0.528. The molecule has 0 saturated carbocycles. The Morgan fingerprint density at radius 2 is 1.96 bits per heavy atom. The quantitative estimate of drug-likeness (QED) is 0.331. The van der Waals surface area contributed by atoms with Crippen LogP contribution in [0.5, 0.6) is 0 Å². The van der Waals surface area contributed by atoms with Gasteiger partial charge in [-0.25, -0.2) is 0 Å². The molecule has 6 nitrogen and oxygen atoms in total. The zero-order chi connectivity index (χ0) is 17.4. The number of nitrogens with one attached hydrogen (secondary N) is 2. The summed E-state index contributed by atoms with van der Waals surface area (Å²) in [5.41, 5.74) is 0.567. The highest BCUT2D eigenvalue weighted by atomic mass is 32.2. The third kappa shape index (κ3) is 4.99. The topological polar surface area (TPSA) is 84.3 Å². The van der Waals surface area contributed by atoms with Crippen LogP contribution in [-0.2, 0) is 0 Å². The normalized spacial score (nSPS) is 10.2. The average molecular weight is 345 g/mol. The summed E-state index contributed by atoms with van der Waals surface area (Å²) in [6.07, 6.45) is 0.821. The van der Waals surface area contributed by atoms with Gasteiger partial charge in [0.2, 0.25) is 0 Å². The van der Waals surface area contributed by atoms with Crippen LogP contribution >= 0.6 is 11.8 Å². The maximum absolute atomic E-state index is 12.1. The molecule has 0 bridgehead atoms. The van der Waals surface area contributed by atoms with Crippen molar-refractivity contribution in [2.24, 2.45) is 0 Å². The van der Waals surface area contributed by atoms with E-state index in [4.69, 9.17) is 0 Å². The molecule has 0 aliphatic rings. The second-order valence-corrected chi connectivity index (χ2v) is 6.18. The average Bonchev–Trinajstić information content (AvgIpc) is 2.61. The van der Waals surface area contributed by atoms with Gasteiger partial charge in [0.1, 0.15) is 5.69 Å². The Labute approximate surface area is 144 Å². The van der Waals surface area contributed by atoms with E-state index < -0.39 is 4.92 Å². The van der Waals surface area contributed by atoms with Crippen molar-refractivity contribution in [2.75, 3.05) is 24.7 Å². The number of carbonyl (C=O) groups is 1. The van der Waals surface area contributed by atoms with Crippen molar-refractivity contribution in [2.45, 2.75) is 11.3 Å². The van der Waals surface area contributed by atoms with Crippen LogP contribution in [0.15, 0.2) is 53.4 Å². The zero-order valence-electron chi connectivity index (χ0n) is 13.3. The smallest absolute Gasteiger partial charge is 0.293 e. The molecule has 0 unspecified atom stereocenters. The van der Waals surface area contributed by atoms with Crippen molar-refractivity contribution in [1.82, 2.24) is 5.32 Å². The number of anilines is 1. The predicted octanol–water partition coefficient (Wildman–Crippen LogP) is 3.55. The van der Waals surface area contributed by atoms with Crippen LogP contribution in [-0.4, -0.2) is 30.2 Å². The molecule has 2 aromatic carbocycles. The number of nitrogens with zero attached hydrogens (tertiary/aromatic N) is 1. The summed E-state index contributed by atoms with van der Waals surface area (Å²) in [5, 5.41) is 16.6. The lowest BCUT2D eigenvalue weighted by molar-refractivity contribution is -0.384. The van der Waals surface area contributed by atoms with Crippen molar-refractivity contribution >= 4 is 29.0 Å². The Hall–Kier alpha value is -2.54. The van der Waals surface area contributed by atoms with E-state index >= 15 is 0 Å². The summed E-state index contributed by atoms with van der Waals surface area (Å²) >= 11 is 1.73. The first-order valence-corrected chi connectivity index (χ1v) is 8.52. The molecule has 0 radical (unpaired) electrons. The molecule has 24 heavy (non-hydrogen) atoms. The molecule has 2 aromatic rings. The fourth-order valence-corrected chi connectivity index (χ4v) is 2.99. The number of carbonyl (C=O) groups excluding carboxylic acids is 1. The summed E-state index contributed by atoms with van der Waals surface area (Å²) in [6, 6.07) is 14.5. The molecule has 0 heterocycles. The van der Waals surface area contributed by atoms with Crippen molar-refractivity contribution in [3.8, 4) is 0 Å². The van der Waals surface area contributed by atoms with E-state index in [2.05, 4.69) is 10.6 Å². The predicted molar refractivity (Wildman–Crippen MR) is 96.8 cm³/mol. The number of benzene rings is 2. The van der Waals surface area contributed by atoms with Gasteiger partial charge in [-0.1, -0.05) is 18.2 Å². The van der Waals surface area contributed by atoms with E-state index in [0.717, 1.165) is 12.2 Å². The first kappa shape index (κ1) is 17.8. The highest BCUT2D eigenvalue weighted by Crippen LogP contribution is 2.25. The molecular formula is C17H19N3O3S. The van der Waals surface area contributed by atoms with Crippen LogP contribution in [0.1, 0.15) is 16.8 Å². The SMILES string of the molecule is CNc1ccc(C(=O)NCCCSc2ccccc2)cc1[N+](=O)[O-]. The van der Waals surface area contributed by atoms with Gasteiger partial charge < -0.3 is 10.6 Å². The molecule has 0 atom stereocenters. The Morgan fingerprint density at radius 3 is 2.62 bits per heavy atom. The third-order valence-electron chi connectivity index (χ3n) is 3.34. The van der Waals surface area contributed by atoms with Gasteiger partial charge in [0.15, 0.2) is 0 Å². The standard InChI is InChI=1S/C17H19N3O3S/c1-18-15-9-8-13(12-16(15)20(22)23)17(21)19-10-5-11-24-14-6-3-2-4-7-14/h2-4,6-9,12,18H,5,10-11H2,1H3,(H,19,21). The van der Waals surface area contributed by atoms with Gasteiger partial charge in [-0.3, -0.25) is 14.9 Å². The lowest BCUT2D eigenvalue weighted by Gasteiger charge is -2.07. The Bertz CT molecular complexity index is 707. The van der Waals surface area contributed by atoms with Crippen molar-refractivity contribution in [1.29, 1.82) is 0 Å². The molecule has 126 valence electrons. The van der Waals surface area contributed by atoms with Gasteiger partial charge in [0.25, 0.3) is 11.6 Å². The lowest BCUT2D eigenvalue weighted by Crippen LogP contribution is -2.24. The van der Waals surface area contributed by atoms with Gasteiger partial charge in [0.05, 0.1) is 4.92 Å². The van der Waals surface area contributed by atoms with Crippen LogP contribution < -0.4 is 10.6 Å². The van der Waals surface area contributed by atoms with E-state index in [-0.39, 0.29) is 17.2 Å². The Balaban J connectivity index is 1.82. The largest absolute Gasteiger partial charge is 0.383 e. The second kappa shape index (κ2) is 8.93. The summed E-state index contributed by atoms with van der Waals surface area (Å²) in [7, 11) is 1.60. The molecule has 7 heteroatoms. The third-order valence-corrected chi connectivity index (χ3v) is 4.44. The first-order chi connectivity index (χ1) is 11.6. The van der Waals surface area contributed by atoms with Crippen molar-refractivity contribution in [3.05, 3.63) is 64.2 Å². The molecular weight excluding hydrogens is 326 g/mol. The van der Waals surface area contributed by atoms with E-state index in [0.29, 0.717) is 12.2 Å². The maximum Gasteiger partial charge on any atom is 0.293 e. The Kier molecular flexibility index (Phi) is 6.62. The van der Waals surface area contributed by atoms with E-state index in [9.17, 15) is 14.9 Å². The minimum Gasteiger partial charge on any atom is -0.383 e. The maximum atomic E-state index is 12.1. The van der Waals surface area contributed by atoms with Gasteiger partial charge in [-0.05, 0) is 36.4 Å². The van der Waals surface area contributed by atoms with Crippen LogP contribution in [0.2, 0.25) is 0 Å². The minimum atomic E-state index is -0.501. The number of thioether (sulfide) groups is 1. The van der Waals surface area contributed by atoms with Gasteiger partial charge in [0, 0.05) is 30.1 Å². The number of rotatable bonds is 8. The summed E-state index contributed by atoms with van der Waals surface area (Å²) in [5.74, 6) is 0.592. The van der Waals surface area contributed by atoms with Gasteiger partial charge in [-0.2, -0.15) is 0 Å². The summed E-state index contributed by atoms with van der Waals surface area (Å²) < 4.78 is 0. The molecule has 2 rings (SSSR count). The highest BCUT2D eigenvalue weighted by molar-refractivity contribution is 7.99. The second-order valence-electron chi connectivity index (χ2n) is 5.01. The molecule has 2 N–H and O–H groups in total. The number of hydrogen-bond donors (Lipinski definition) is 2. The highest BCUT2D eigenvalue weighted by Gasteiger charge is 2.16. The number of amides is 1. The number of nitro groups is 1. The number of hydrogen-bond acceptors (Lipinski definition) is 5. The molecule has 0 saturated heterocycles. The van der Waals surface area contributed by atoms with E-state index in [1.807, 2.05) is 30.3 Å². The lowest BCUT2D eigenvalue weighted by atomic mass is 10.1.